The minimum absolute atomic E-state index is 0.177. The van der Waals surface area contributed by atoms with Crippen molar-refractivity contribution < 1.29 is 22.7 Å². The summed E-state index contributed by atoms with van der Waals surface area (Å²) in [6, 6.07) is 18.4. The van der Waals surface area contributed by atoms with Crippen molar-refractivity contribution in [1.82, 2.24) is 0 Å². The van der Waals surface area contributed by atoms with Crippen molar-refractivity contribution in [1.29, 1.82) is 0 Å². The number of carbonyl (C=O) groups excluding carboxylic acids is 2. The lowest BCUT2D eigenvalue weighted by molar-refractivity contribution is -0.119. The van der Waals surface area contributed by atoms with Crippen molar-refractivity contribution >= 4 is 33.3 Å². The zero-order valence-corrected chi connectivity index (χ0v) is 21.2. The molecular formula is C27H30N2O5S. The van der Waals surface area contributed by atoms with Crippen LogP contribution < -0.4 is 9.62 Å². The Morgan fingerprint density at radius 2 is 1.46 bits per heavy atom. The molecule has 0 atom stereocenters. The SMILES string of the molecule is CCc1cccc(CC)c1NC(=O)COC(=O)c1ccc(N(C)S(=O)(=O)c2ccc(C)cc2)cc1. The number of carbonyl (C=O) groups is 2. The lowest BCUT2D eigenvalue weighted by Gasteiger charge is -2.20. The van der Waals surface area contributed by atoms with Crippen LogP contribution in [0.2, 0.25) is 0 Å². The predicted octanol–water partition coefficient (Wildman–Crippen LogP) is 4.74. The van der Waals surface area contributed by atoms with E-state index in [1.54, 1.807) is 24.3 Å². The molecule has 0 bridgehead atoms. The highest BCUT2D eigenvalue weighted by Gasteiger charge is 2.21. The van der Waals surface area contributed by atoms with Crippen LogP contribution in [0.3, 0.4) is 0 Å². The van der Waals surface area contributed by atoms with E-state index in [0.29, 0.717) is 5.69 Å². The average Bonchev–Trinajstić information content (AvgIpc) is 2.87. The van der Waals surface area contributed by atoms with Gasteiger partial charge in [-0.3, -0.25) is 9.10 Å². The molecule has 184 valence electrons. The molecule has 0 radical (unpaired) electrons. The number of nitrogens with one attached hydrogen (secondary N) is 1. The lowest BCUT2D eigenvalue weighted by Crippen LogP contribution is -2.26. The molecule has 8 heteroatoms. The van der Waals surface area contributed by atoms with Crippen LogP contribution in [-0.2, 0) is 32.4 Å². The van der Waals surface area contributed by atoms with E-state index in [4.69, 9.17) is 4.74 Å². The summed E-state index contributed by atoms with van der Waals surface area (Å²) in [6.45, 7) is 5.48. The summed E-state index contributed by atoms with van der Waals surface area (Å²) in [6.07, 6.45) is 1.54. The molecule has 1 amide bonds. The van der Waals surface area contributed by atoms with Gasteiger partial charge < -0.3 is 10.1 Å². The van der Waals surface area contributed by atoms with E-state index in [2.05, 4.69) is 5.32 Å². The highest BCUT2D eigenvalue weighted by molar-refractivity contribution is 7.92. The first-order valence-electron chi connectivity index (χ1n) is 11.4. The van der Waals surface area contributed by atoms with Crippen molar-refractivity contribution in [2.24, 2.45) is 0 Å². The highest BCUT2D eigenvalue weighted by Crippen LogP contribution is 2.24. The van der Waals surface area contributed by atoms with Crippen LogP contribution in [0.1, 0.15) is 40.9 Å². The standard InChI is InChI=1S/C27H30N2O5S/c1-5-20-8-7-9-21(6-2)26(20)28-25(30)18-34-27(31)22-12-14-23(15-13-22)29(4)35(32,33)24-16-10-19(3)11-17-24/h7-17H,5-6,18H2,1-4H3,(H,28,30). The minimum atomic E-state index is -3.74. The first kappa shape index (κ1) is 26.0. The van der Waals surface area contributed by atoms with Gasteiger partial charge in [0.15, 0.2) is 6.61 Å². The van der Waals surface area contributed by atoms with Gasteiger partial charge in [0.2, 0.25) is 0 Å². The van der Waals surface area contributed by atoms with Crippen molar-refractivity contribution in [3.05, 3.63) is 89.0 Å². The van der Waals surface area contributed by atoms with Gasteiger partial charge in [0.05, 0.1) is 16.1 Å². The summed E-state index contributed by atoms with van der Waals surface area (Å²) in [4.78, 5) is 25.1. The molecule has 0 aliphatic heterocycles. The number of hydrogen-bond donors (Lipinski definition) is 1. The second-order valence-corrected chi connectivity index (χ2v) is 10.1. The van der Waals surface area contributed by atoms with E-state index in [1.807, 2.05) is 39.0 Å². The zero-order valence-electron chi connectivity index (χ0n) is 20.4. The number of rotatable bonds is 9. The van der Waals surface area contributed by atoms with Gasteiger partial charge in [0, 0.05) is 12.7 Å². The molecule has 3 aromatic carbocycles. The van der Waals surface area contributed by atoms with E-state index in [0.717, 1.165) is 39.5 Å². The highest BCUT2D eigenvalue weighted by atomic mass is 32.2. The van der Waals surface area contributed by atoms with Gasteiger partial charge >= 0.3 is 5.97 Å². The Labute approximate surface area is 206 Å². The third-order valence-electron chi connectivity index (χ3n) is 5.74. The van der Waals surface area contributed by atoms with Crippen molar-refractivity contribution in [3.63, 3.8) is 0 Å². The summed E-state index contributed by atoms with van der Waals surface area (Å²) in [7, 11) is -2.29. The Morgan fingerprint density at radius 1 is 0.886 bits per heavy atom. The monoisotopic (exact) mass is 494 g/mol. The smallest absolute Gasteiger partial charge is 0.338 e. The number of sulfonamides is 1. The van der Waals surface area contributed by atoms with Gasteiger partial charge in [-0.1, -0.05) is 49.7 Å². The molecular weight excluding hydrogens is 464 g/mol. The largest absolute Gasteiger partial charge is 0.452 e. The number of hydrogen-bond acceptors (Lipinski definition) is 5. The number of para-hydroxylation sites is 1. The van der Waals surface area contributed by atoms with Gasteiger partial charge in [-0.2, -0.15) is 0 Å². The summed E-state index contributed by atoms with van der Waals surface area (Å²) in [5.74, 6) is -1.09. The fourth-order valence-electron chi connectivity index (χ4n) is 3.61. The quantitative estimate of drug-likeness (QED) is 0.434. The average molecular weight is 495 g/mol. The zero-order chi connectivity index (χ0) is 25.6. The second kappa shape index (κ2) is 11.2. The van der Waals surface area contributed by atoms with E-state index in [9.17, 15) is 18.0 Å². The molecule has 0 aliphatic rings. The maximum atomic E-state index is 12.9. The summed E-state index contributed by atoms with van der Waals surface area (Å²) in [5, 5.41) is 2.86. The molecule has 0 aromatic heterocycles. The molecule has 7 nitrogen and oxygen atoms in total. The Morgan fingerprint density at radius 3 is 2.00 bits per heavy atom. The van der Waals surface area contributed by atoms with Crippen molar-refractivity contribution in [3.8, 4) is 0 Å². The lowest BCUT2D eigenvalue weighted by atomic mass is 10.0. The number of benzene rings is 3. The molecule has 0 unspecified atom stereocenters. The number of ether oxygens (including phenoxy) is 1. The van der Waals surface area contributed by atoms with E-state index in [1.165, 1.54) is 31.3 Å². The van der Waals surface area contributed by atoms with Gasteiger partial charge in [-0.25, -0.2) is 13.2 Å². The van der Waals surface area contributed by atoms with Crippen LogP contribution in [0, 0.1) is 6.92 Å². The Bertz CT molecular complexity index is 1280. The number of aryl methyl sites for hydroxylation is 3. The van der Waals surface area contributed by atoms with Gasteiger partial charge in [0.1, 0.15) is 0 Å². The van der Waals surface area contributed by atoms with Crippen LogP contribution in [0.4, 0.5) is 11.4 Å². The molecule has 0 fully saturated rings. The molecule has 1 N–H and O–H groups in total. The Balaban J connectivity index is 1.63. The summed E-state index contributed by atoms with van der Waals surface area (Å²) < 4.78 is 32.1. The Hall–Kier alpha value is -3.65. The number of amides is 1. The molecule has 0 aliphatic carbocycles. The van der Waals surface area contributed by atoms with Crippen LogP contribution in [0.25, 0.3) is 0 Å². The van der Waals surface area contributed by atoms with Gasteiger partial charge in [0.25, 0.3) is 15.9 Å². The topological polar surface area (TPSA) is 92.8 Å². The number of esters is 1. The maximum absolute atomic E-state index is 12.9. The third-order valence-corrected chi connectivity index (χ3v) is 7.54. The maximum Gasteiger partial charge on any atom is 0.338 e. The minimum Gasteiger partial charge on any atom is -0.452 e. The number of nitrogens with zero attached hydrogens (tertiary/aromatic N) is 1. The van der Waals surface area contributed by atoms with Crippen molar-refractivity contribution in [2.45, 2.75) is 38.5 Å². The molecule has 3 aromatic rings. The third kappa shape index (κ3) is 6.08. The molecule has 0 heterocycles. The molecule has 35 heavy (non-hydrogen) atoms. The van der Waals surface area contributed by atoms with Gasteiger partial charge in [-0.15, -0.1) is 0 Å². The first-order chi connectivity index (χ1) is 16.7. The molecule has 0 saturated heterocycles. The normalized spacial score (nSPS) is 11.1. The van der Waals surface area contributed by atoms with E-state index < -0.39 is 28.5 Å². The van der Waals surface area contributed by atoms with E-state index in [-0.39, 0.29) is 10.5 Å². The van der Waals surface area contributed by atoms with Crippen molar-refractivity contribution in [2.75, 3.05) is 23.3 Å². The van der Waals surface area contributed by atoms with Gasteiger partial charge in [-0.05, 0) is 67.3 Å². The molecule has 3 rings (SSSR count). The molecule has 0 saturated carbocycles. The van der Waals surface area contributed by atoms with Crippen LogP contribution >= 0.6 is 0 Å². The fourth-order valence-corrected chi connectivity index (χ4v) is 4.80. The summed E-state index contributed by atoms with van der Waals surface area (Å²) in [5.41, 5.74) is 4.37. The first-order valence-corrected chi connectivity index (χ1v) is 12.8. The second-order valence-electron chi connectivity index (χ2n) is 8.12. The van der Waals surface area contributed by atoms with Crippen LogP contribution in [0.15, 0.2) is 71.6 Å². The number of anilines is 2. The molecule has 0 spiro atoms. The Kier molecular flexibility index (Phi) is 8.30. The fraction of sp³-hybridized carbons (Fsp3) is 0.259. The van der Waals surface area contributed by atoms with E-state index >= 15 is 0 Å². The van der Waals surface area contributed by atoms with Crippen LogP contribution in [0.5, 0.6) is 0 Å². The predicted molar refractivity (Wildman–Crippen MR) is 137 cm³/mol. The summed E-state index contributed by atoms with van der Waals surface area (Å²) >= 11 is 0. The van der Waals surface area contributed by atoms with Crippen LogP contribution in [-0.4, -0.2) is 33.9 Å².